The lowest BCUT2D eigenvalue weighted by molar-refractivity contribution is -0.152. The molecule has 0 aromatic heterocycles. The molecule has 0 saturated carbocycles. The quantitative estimate of drug-likeness (QED) is 0.797. The summed E-state index contributed by atoms with van der Waals surface area (Å²) in [5.74, 6) is -0.530. The summed E-state index contributed by atoms with van der Waals surface area (Å²) in [7, 11) is 1.29. The van der Waals surface area contributed by atoms with Crippen LogP contribution in [0.15, 0.2) is 16.6 Å². The van der Waals surface area contributed by atoms with E-state index in [1.807, 2.05) is 0 Å². The summed E-state index contributed by atoms with van der Waals surface area (Å²) >= 11 is 9.23. The molecule has 0 amide bonds. The van der Waals surface area contributed by atoms with Gasteiger partial charge in [-0.2, -0.15) is 0 Å². The average molecular weight is 373 g/mol. The highest BCUT2D eigenvalue weighted by Crippen LogP contribution is 2.43. The number of carbonyl (C=O) groups is 1. The van der Waals surface area contributed by atoms with Crippen LogP contribution < -0.4 is 5.73 Å². The van der Waals surface area contributed by atoms with Crippen molar-refractivity contribution in [3.8, 4) is 5.75 Å². The molecule has 0 radical (unpaired) electrons. The molecule has 7 heteroatoms. The molecule has 1 aromatic rings. The van der Waals surface area contributed by atoms with Crippen LogP contribution in [0.3, 0.4) is 0 Å². The summed E-state index contributed by atoms with van der Waals surface area (Å²) in [5.41, 5.74) is 5.37. The van der Waals surface area contributed by atoms with E-state index in [1.165, 1.54) is 7.11 Å². The van der Waals surface area contributed by atoms with Crippen molar-refractivity contribution in [2.45, 2.75) is 19.9 Å². The molecule has 0 aliphatic carbocycles. The summed E-state index contributed by atoms with van der Waals surface area (Å²) in [6.07, 6.45) is 0. The summed E-state index contributed by atoms with van der Waals surface area (Å²) in [4.78, 5) is 11.7. The highest BCUT2D eigenvalue weighted by molar-refractivity contribution is 9.10. The van der Waals surface area contributed by atoms with E-state index in [0.717, 1.165) is 0 Å². The zero-order valence-corrected chi connectivity index (χ0v) is 13.9. The predicted molar refractivity (Wildman–Crippen MR) is 80.8 cm³/mol. The van der Waals surface area contributed by atoms with Gasteiger partial charge in [0.05, 0.1) is 23.0 Å². The number of halogens is 3. The summed E-state index contributed by atoms with van der Waals surface area (Å²) in [5, 5.41) is 10.3. The number of benzene rings is 1. The molecule has 0 spiro atoms. The molecule has 0 bridgehead atoms. The van der Waals surface area contributed by atoms with Crippen LogP contribution in [0.2, 0.25) is 5.02 Å². The van der Waals surface area contributed by atoms with Gasteiger partial charge in [0.1, 0.15) is 5.75 Å². The van der Waals surface area contributed by atoms with E-state index < -0.39 is 17.4 Å². The highest BCUT2D eigenvalue weighted by atomic mass is 79.9. The third-order valence-corrected chi connectivity index (χ3v) is 3.88. The maximum Gasteiger partial charge on any atom is 0.313 e. The van der Waals surface area contributed by atoms with Crippen molar-refractivity contribution in [3.63, 3.8) is 0 Å². The van der Waals surface area contributed by atoms with E-state index in [1.54, 1.807) is 26.0 Å². The molecule has 19 heavy (non-hydrogen) atoms. The van der Waals surface area contributed by atoms with Gasteiger partial charge in [0.2, 0.25) is 0 Å². The van der Waals surface area contributed by atoms with Gasteiger partial charge in [-0.15, -0.1) is 12.4 Å². The van der Waals surface area contributed by atoms with Crippen LogP contribution in [-0.4, -0.2) is 18.2 Å². The van der Waals surface area contributed by atoms with Crippen molar-refractivity contribution < 1.29 is 14.6 Å². The van der Waals surface area contributed by atoms with Crippen molar-refractivity contribution in [1.29, 1.82) is 0 Å². The van der Waals surface area contributed by atoms with Crippen molar-refractivity contribution in [3.05, 3.63) is 27.2 Å². The van der Waals surface area contributed by atoms with Crippen LogP contribution in [-0.2, 0) is 9.53 Å². The molecule has 0 saturated heterocycles. The molecular formula is C12H16BrCl2NO3. The van der Waals surface area contributed by atoms with E-state index in [-0.39, 0.29) is 18.2 Å². The number of hydrogen-bond donors (Lipinski definition) is 2. The van der Waals surface area contributed by atoms with E-state index in [0.29, 0.717) is 15.1 Å². The van der Waals surface area contributed by atoms with E-state index in [4.69, 9.17) is 22.1 Å². The van der Waals surface area contributed by atoms with Crippen LogP contribution in [0.1, 0.15) is 25.5 Å². The van der Waals surface area contributed by atoms with Gasteiger partial charge >= 0.3 is 5.97 Å². The molecule has 4 nitrogen and oxygen atoms in total. The normalized spacial score (nSPS) is 12.5. The number of rotatable bonds is 3. The van der Waals surface area contributed by atoms with Gasteiger partial charge in [0.15, 0.2) is 0 Å². The first-order valence-corrected chi connectivity index (χ1v) is 6.41. The molecule has 1 aromatic carbocycles. The first-order chi connectivity index (χ1) is 8.23. The number of aromatic hydroxyl groups is 1. The Morgan fingerprint density at radius 3 is 2.53 bits per heavy atom. The van der Waals surface area contributed by atoms with E-state index >= 15 is 0 Å². The minimum atomic E-state index is -1.00. The smallest absolute Gasteiger partial charge is 0.313 e. The SMILES string of the molecule is COC(=O)C(C)(C)[C@H](N)c1c(Cl)ccc(Br)c1O.Cl. The largest absolute Gasteiger partial charge is 0.506 e. The Morgan fingerprint density at radius 2 is 2.05 bits per heavy atom. The highest BCUT2D eigenvalue weighted by Gasteiger charge is 2.39. The molecule has 0 fully saturated rings. The third kappa shape index (κ3) is 3.54. The molecule has 0 unspecified atom stereocenters. The average Bonchev–Trinajstić information content (AvgIpc) is 2.33. The Bertz CT molecular complexity index is 480. The Morgan fingerprint density at radius 1 is 1.53 bits per heavy atom. The fraction of sp³-hybridized carbons (Fsp3) is 0.417. The number of methoxy groups -OCH3 is 1. The first kappa shape index (κ1) is 18.5. The number of ether oxygens (including phenoxy) is 1. The Balaban J connectivity index is 0.00000324. The molecule has 108 valence electrons. The number of carbonyl (C=O) groups excluding carboxylic acids is 1. The number of phenolic OH excluding ortho intramolecular Hbond substituents is 1. The van der Waals surface area contributed by atoms with Gasteiger partial charge in [0, 0.05) is 10.6 Å². The summed E-state index contributed by atoms with van der Waals surface area (Å²) < 4.78 is 5.18. The lowest BCUT2D eigenvalue weighted by atomic mass is 9.80. The number of esters is 1. The second kappa shape index (κ2) is 6.79. The van der Waals surface area contributed by atoms with Crippen LogP contribution in [0, 0.1) is 5.41 Å². The monoisotopic (exact) mass is 371 g/mol. The fourth-order valence-corrected chi connectivity index (χ4v) is 2.22. The number of nitrogens with two attached hydrogens (primary N) is 1. The van der Waals surface area contributed by atoms with E-state index in [9.17, 15) is 9.90 Å². The minimum absolute atomic E-state index is 0. The maximum atomic E-state index is 11.7. The third-order valence-electron chi connectivity index (χ3n) is 2.91. The summed E-state index contributed by atoms with van der Waals surface area (Å²) in [6.45, 7) is 3.28. The van der Waals surface area contributed by atoms with Crippen LogP contribution in [0.4, 0.5) is 0 Å². The molecule has 0 heterocycles. The van der Waals surface area contributed by atoms with E-state index in [2.05, 4.69) is 15.9 Å². The lowest BCUT2D eigenvalue weighted by Gasteiger charge is -2.30. The minimum Gasteiger partial charge on any atom is -0.506 e. The van der Waals surface area contributed by atoms with Gasteiger partial charge in [0.25, 0.3) is 0 Å². The summed E-state index contributed by atoms with van der Waals surface area (Å²) in [6, 6.07) is 2.43. The lowest BCUT2D eigenvalue weighted by Crippen LogP contribution is -2.37. The van der Waals surface area contributed by atoms with Crippen molar-refractivity contribution in [2.75, 3.05) is 7.11 Å². The molecule has 1 atom stereocenters. The second-order valence-electron chi connectivity index (χ2n) is 4.48. The van der Waals surface area contributed by atoms with Gasteiger partial charge in [-0.1, -0.05) is 11.6 Å². The van der Waals surface area contributed by atoms with Gasteiger partial charge in [-0.25, -0.2) is 0 Å². The molecule has 0 aliphatic heterocycles. The van der Waals surface area contributed by atoms with Gasteiger partial charge in [-0.05, 0) is 41.9 Å². The van der Waals surface area contributed by atoms with Crippen molar-refractivity contribution in [1.82, 2.24) is 0 Å². The molecule has 3 N–H and O–H groups in total. The van der Waals surface area contributed by atoms with Crippen molar-refractivity contribution >= 4 is 45.9 Å². The van der Waals surface area contributed by atoms with Crippen molar-refractivity contribution in [2.24, 2.45) is 11.1 Å². The number of hydrogen-bond acceptors (Lipinski definition) is 4. The molecule has 1 rings (SSSR count). The van der Waals surface area contributed by atoms with Gasteiger partial charge in [-0.3, -0.25) is 4.79 Å². The van der Waals surface area contributed by atoms with Gasteiger partial charge < -0.3 is 15.6 Å². The number of phenols is 1. The molecule has 0 aliphatic rings. The maximum absolute atomic E-state index is 11.7. The Hall–Kier alpha value is -0.490. The standard InChI is InChI=1S/C12H15BrClNO3.ClH/c1-12(2,11(17)18-3)10(15)8-7(14)5-4-6(13)9(8)16;/h4-5,10,16H,15H2,1-3H3;1H/t10-;/m1./s1. The fourth-order valence-electron chi connectivity index (χ4n) is 1.60. The Labute approximate surface area is 131 Å². The van der Waals surface area contributed by atoms with Crippen LogP contribution >= 0.6 is 39.9 Å². The molecular weight excluding hydrogens is 357 g/mol. The predicted octanol–water partition coefficient (Wildman–Crippen LogP) is 3.43. The van der Waals surface area contributed by atoms with Crippen LogP contribution in [0.5, 0.6) is 5.75 Å². The topological polar surface area (TPSA) is 72.5 Å². The Kier molecular flexibility index (Phi) is 6.62. The zero-order chi connectivity index (χ0) is 14.1. The van der Waals surface area contributed by atoms with Crippen LogP contribution in [0.25, 0.3) is 0 Å². The zero-order valence-electron chi connectivity index (χ0n) is 10.7. The second-order valence-corrected chi connectivity index (χ2v) is 5.74. The first-order valence-electron chi connectivity index (χ1n) is 5.24.